The van der Waals surface area contributed by atoms with Crippen LogP contribution in [0.4, 0.5) is 0 Å². The molecule has 2 aliphatic heterocycles. The first-order chi connectivity index (χ1) is 13.3. The topological polar surface area (TPSA) is 51.0 Å². The number of rotatable bonds is 3. The number of pyridine rings is 1. The average molecular weight is 364 g/mol. The molecule has 0 N–H and O–H groups in total. The van der Waals surface area contributed by atoms with Crippen molar-refractivity contribution < 1.29 is 0 Å². The summed E-state index contributed by atoms with van der Waals surface area (Å²) in [5.41, 5.74) is 2.88. The molecule has 0 amide bonds. The molecule has 5 nitrogen and oxygen atoms in total. The molecular formula is C22H28N4O. The summed E-state index contributed by atoms with van der Waals surface area (Å²) in [5.74, 6) is 1.98. The number of aromatic nitrogens is 3. The zero-order chi connectivity index (χ0) is 18.2. The Morgan fingerprint density at radius 2 is 1.81 bits per heavy atom. The molecule has 2 bridgehead atoms. The summed E-state index contributed by atoms with van der Waals surface area (Å²) in [6, 6.07) is 4.15. The van der Waals surface area contributed by atoms with E-state index >= 15 is 0 Å². The van der Waals surface area contributed by atoms with E-state index < -0.39 is 0 Å². The lowest BCUT2D eigenvalue weighted by Gasteiger charge is -2.44. The van der Waals surface area contributed by atoms with Crippen LogP contribution in [0.1, 0.15) is 50.1 Å². The van der Waals surface area contributed by atoms with Crippen molar-refractivity contribution in [3.05, 3.63) is 46.9 Å². The molecule has 3 aliphatic rings. The highest BCUT2D eigenvalue weighted by Gasteiger charge is 2.35. The second kappa shape index (κ2) is 7.19. The SMILES string of the molecule is O=c1c(-c2cncnc2)ccc2n1C[C@@H]1C[C@@H]2CN(CC2CCCCC2)C1. The van der Waals surface area contributed by atoms with E-state index in [-0.39, 0.29) is 5.56 Å². The molecular weight excluding hydrogens is 336 g/mol. The molecule has 0 radical (unpaired) electrons. The Morgan fingerprint density at radius 3 is 2.63 bits per heavy atom. The number of fused-ring (bicyclic) bond motifs is 4. The highest BCUT2D eigenvalue weighted by atomic mass is 16.1. The van der Waals surface area contributed by atoms with Crippen molar-refractivity contribution in [2.24, 2.45) is 11.8 Å². The maximum Gasteiger partial charge on any atom is 0.258 e. The van der Waals surface area contributed by atoms with Crippen molar-refractivity contribution in [1.82, 2.24) is 19.4 Å². The first-order valence-electron chi connectivity index (χ1n) is 10.5. The standard InChI is InChI=1S/C22H28N4O/c27-22-20(19-9-23-15-24-10-19)6-7-21-18-8-17(13-26(21)22)12-25(14-18)11-16-4-2-1-3-5-16/h6-7,9-10,15-18H,1-5,8,11-14H2/t17-,18-/m1/s1. The van der Waals surface area contributed by atoms with Crippen LogP contribution >= 0.6 is 0 Å². The number of hydrogen-bond donors (Lipinski definition) is 0. The fraction of sp³-hybridized carbons (Fsp3) is 0.591. The molecule has 0 unspecified atom stereocenters. The molecule has 4 heterocycles. The van der Waals surface area contributed by atoms with Gasteiger partial charge in [0.2, 0.25) is 0 Å². The lowest BCUT2D eigenvalue weighted by molar-refractivity contribution is 0.0967. The van der Waals surface area contributed by atoms with Crippen molar-refractivity contribution >= 4 is 0 Å². The van der Waals surface area contributed by atoms with Crippen LogP contribution in [-0.2, 0) is 6.54 Å². The largest absolute Gasteiger partial charge is 0.311 e. The Hall–Kier alpha value is -2.01. The molecule has 1 saturated carbocycles. The van der Waals surface area contributed by atoms with E-state index in [0.29, 0.717) is 11.8 Å². The van der Waals surface area contributed by atoms with Gasteiger partial charge < -0.3 is 9.47 Å². The Bertz CT molecular complexity index is 856. The number of piperidine rings is 1. The fourth-order valence-electron chi connectivity index (χ4n) is 5.59. The third-order valence-corrected chi connectivity index (χ3v) is 6.79. The summed E-state index contributed by atoms with van der Waals surface area (Å²) in [5, 5.41) is 0. The van der Waals surface area contributed by atoms with Crippen LogP contribution < -0.4 is 5.56 Å². The quantitative estimate of drug-likeness (QED) is 0.838. The summed E-state index contributed by atoms with van der Waals surface area (Å²) in [6.07, 6.45) is 13.3. The molecule has 1 aliphatic carbocycles. The van der Waals surface area contributed by atoms with E-state index in [9.17, 15) is 4.79 Å². The van der Waals surface area contributed by atoms with E-state index in [0.717, 1.165) is 36.7 Å². The molecule has 2 aromatic heterocycles. The first kappa shape index (κ1) is 17.1. The minimum Gasteiger partial charge on any atom is -0.311 e. The molecule has 142 valence electrons. The van der Waals surface area contributed by atoms with Crippen molar-refractivity contribution in [2.45, 2.75) is 51.0 Å². The van der Waals surface area contributed by atoms with Crippen LogP contribution in [0.3, 0.4) is 0 Å². The molecule has 5 heteroatoms. The van der Waals surface area contributed by atoms with E-state index in [4.69, 9.17) is 0 Å². The minimum atomic E-state index is 0.123. The van der Waals surface area contributed by atoms with Crippen molar-refractivity contribution in [3.63, 3.8) is 0 Å². The Morgan fingerprint density at radius 1 is 1.00 bits per heavy atom. The monoisotopic (exact) mass is 364 g/mol. The summed E-state index contributed by atoms with van der Waals surface area (Å²) in [4.78, 5) is 24.0. The van der Waals surface area contributed by atoms with Gasteiger partial charge in [-0.3, -0.25) is 4.79 Å². The molecule has 0 aromatic carbocycles. The Labute approximate surface area is 160 Å². The first-order valence-corrected chi connectivity index (χ1v) is 10.5. The normalized spacial score (nSPS) is 25.9. The van der Waals surface area contributed by atoms with Crippen LogP contribution in [0.5, 0.6) is 0 Å². The lowest BCUT2D eigenvalue weighted by atomic mass is 9.81. The van der Waals surface area contributed by atoms with Gasteiger partial charge >= 0.3 is 0 Å². The molecule has 2 atom stereocenters. The van der Waals surface area contributed by atoms with E-state index in [1.807, 2.05) is 10.6 Å². The molecule has 2 fully saturated rings. The Balaban J connectivity index is 1.39. The average Bonchev–Trinajstić information content (AvgIpc) is 2.70. The lowest BCUT2D eigenvalue weighted by Crippen LogP contribution is -2.48. The van der Waals surface area contributed by atoms with Gasteiger partial charge in [-0.05, 0) is 43.2 Å². The van der Waals surface area contributed by atoms with Crippen molar-refractivity contribution in [3.8, 4) is 11.1 Å². The second-order valence-corrected chi connectivity index (χ2v) is 8.74. The predicted molar refractivity (Wildman–Crippen MR) is 106 cm³/mol. The zero-order valence-electron chi connectivity index (χ0n) is 15.9. The van der Waals surface area contributed by atoms with E-state index in [1.54, 1.807) is 12.4 Å². The van der Waals surface area contributed by atoms with Crippen LogP contribution in [0.2, 0.25) is 0 Å². The number of hydrogen-bond acceptors (Lipinski definition) is 4. The van der Waals surface area contributed by atoms with Crippen LogP contribution in [0, 0.1) is 11.8 Å². The molecule has 5 rings (SSSR count). The van der Waals surface area contributed by atoms with Gasteiger partial charge in [0.15, 0.2) is 0 Å². The van der Waals surface area contributed by atoms with Crippen LogP contribution in [0.25, 0.3) is 11.1 Å². The van der Waals surface area contributed by atoms with E-state index in [1.165, 1.54) is 57.1 Å². The van der Waals surface area contributed by atoms with Gasteiger partial charge in [-0.1, -0.05) is 19.3 Å². The van der Waals surface area contributed by atoms with Crippen molar-refractivity contribution in [1.29, 1.82) is 0 Å². The van der Waals surface area contributed by atoms with Gasteiger partial charge in [-0.2, -0.15) is 0 Å². The number of likely N-dealkylation sites (tertiary alicyclic amines) is 1. The predicted octanol–water partition coefficient (Wildman–Crippen LogP) is 3.30. The van der Waals surface area contributed by atoms with Gasteiger partial charge in [0.25, 0.3) is 5.56 Å². The summed E-state index contributed by atoms with van der Waals surface area (Å²) in [7, 11) is 0. The fourth-order valence-corrected chi connectivity index (χ4v) is 5.59. The number of nitrogens with zero attached hydrogens (tertiary/aromatic N) is 4. The highest BCUT2D eigenvalue weighted by molar-refractivity contribution is 5.60. The maximum absolute atomic E-state index is 13.1. The smallest absolute Gasteiger partial charge is 0.258 e. The second-order valence-electron chi connectivity index (χ2n) is 8.74. The van der Waals surface area contributed by atoms with Gasteiger partial charge in [0, 0.05) is 55.7 Å². The molecule has 2 aromatic rings. The van der Waals surface area contributed by atoms with Gasteiger partial charge in [-0.15, -0.1) is 0 Å². The van der Waals surface area contributed by atoms with Gasteiger partial charge in [0.1, 0.15) is 6.33 Å². The van der Waals surface area contributed by atoms with Crippen molar-refractivity contribution in [2.75, 3.05) is 19.6 Å². The van der Waals surface area contributed by atoms with Crippen LogP contribution in [-0.4, -0.2) is 39.1 Å². The third-order valence-electron chi connectivity index (χ3n) is 6.79. The van der Waals surface area contributed by atoms with E-state index in [2.05, 4.69) is 20.9 Å². The summed E-state index contributed by atoms with van der Waals surface area (Å²) < 4.78 is 2.04. The Kier molecular flexibility index (Phi) is 4.56. The highest BCUT2D eigenvalue weighted by Crippen LogP contribution is 2.36. The maximum atomic E-state index is 13.1. The molecule has 0 spiro atoms. The van der Waals surface area contributed by atoms with Gasteiger partial charge in [-0.25, -0.2) is 9.97 Å². The molecule has 1 saturated heterocycles. The van der Waals surface area contributed by atoms with Gasteiger partial charge in [0.05, 0.1) is 5.56 Å². The minimum absolute atomic E-state index is 0.123. The summed E-state index contributed by atoms with van der Waals surface area (Å²) in [6.45, 7) is 4.38. The zero-order valence-corrected chi connectivity index (χ0v) is 15.9. The van der Waals surface area contributed by atoms with Crippen LogP contribution in [0.15, 0.2) is 35.6 Å². The molecule has 27 heavy (non-hydrogen) atoms. The summed E-state index contributed by atoms with van der Waals surface area (Å²) >= 11 is 0. The third kappa shape index (κ3) is 3.33.